The Morgan fingerprint density at radius 1 is 1.53 bits per heavy atom. The molecule has 0 fully saturated rings. The largest absolute Gasteiger partial charge is 0.468 e. The number of carbonyl (C=O) groups excluding carboxylic acids is 1. The summed E-state index contributed by atoms with van der Waals surface area (Å²) in [7, 11) is -2.48. The standard InChI is InChI=1S/C11H18N2O5S/c1-7(2)10(11(14)17-4)13-19(15,16)6-9-5-8(3)18-12-9/h5,7,10,13H,6H2,1-4H3. The zero-order valence-electron chi connectivity index (χ0n) is 11.3. The van der Waals surface area contributed by atoms with E-state index < -0.39 is 22.0 Å². The van der Waals surface area contributed by atoms with Crippen LogP contribution >= 0.6 is 0 Å². The van der Waals surface area contributed by atoms with Crippen molar-refractivity contribution in [2.45, 2.75) is 32.6 Å². The van der Waals surface area contributed by atoms with Crippen LogP contribution in [0.3, 0.4) is 0 Å². The Morgan fingerprint density at radius 2 is 2.16 bits per heavy atom. The van der Waals surface area contributed by atoms with Gasteiger partial charge in [0.2, 0.25) is 10.0 Å². The third kappa shape index (κ3) is 4.64. The molecule has 0 spiro atoms. The maximum atomic E-state index is 11.9. The van der Waals surface area contributed by atoms with Crippen molar-refractivity contribution in [3.63, 3.8) is 0 Å². The number of nitrogens with zero attached hydrogens (tertiary/aromatic N) is 1. The number of ether oxygens (including phenoxy) is 1. The van der Waals surface area contributed by atoms with Crippen LogP contribution in [0.2, 0.25) is 0 Å². The summed E-state index contributed by atoms with van der Waals surface area (Å²) in [4.78, 5) is 11.5. The lowest BCUT2D eigenvalue weighted by Crippen LogP contribution is -2.45. The summed E-state index contributed by atoms with van der Waals surface area (Å²) < 4.78 is 35.6. The van der Waals surface area contributed by atoms with Gasteiger partial charge in [0.15, 0.2) is 0 Å². The van der Waals surface area contributed by atoms with Crippen LogP contribution in [0.15, 0.2) is 10.6 Å². The summed E-state index contributed by atoms with van der Waals surface area (Å²) in [6.45, 7) is 5.12. The van der Waals surface area contributed by atoms with Gasteiger partial charge in [-0.15, -0.1) is 0 Å². The van der Waals surface area contributed by atoms with Crippen LogP contribution < -0.4 is 4.72 Å². The Morgan fingerprint density at radius 3 is 2.58 bits per heavy atom. The Hall–Kier alpha value is -1.41. The molecule has 1 rings (SSSR count). The molecule has 0 saturated heterocycles. The van der Waals surface area contributed by atoms with Gasteiger partial charge in [-0.05, 0) is 12.8 Å². The molecule has 0 aromatic carbocycles. The maximum absolute atomic E-state index is 11.9. The van der Waals surface area contributed by atoms with E-state index >= 15 is 0 Å². The molecule has 1 N–H and O–H groups in total. The lowest BCUT2D eigenvalue weighted by atomic mass is 10.1. The fourth-order valence-corrected chi connectivity index (χ4v) is 2.86. The van der Waals surface area contributed by atoms with E-state index in [-0.39, 0.29) is 17.4 Å². The van der Waals surface area contributed by atoms with Crippen LogP contribution in [-0.4, -0.2) is 32.7 Å². The lowest BCUT2D eigenvalue weighted by Gasteiger charge is -2.19. The number of esters is 1. The fourth-order valence-electron chi connectivity index (χ4n) is 1.50. The van der Waals surface area contributed by atoms with E-state index in [9.17, 15) is 13.2 Å². The summed E-state index contributed by atoms with van der Waals surface area (Å²) in [5.74, 6) is -0.653. The molecule has 1 aromatic heterocycles. The summed E-state index contributed by atoms with van der Waals surface area (Å²) in [6.07, 6.45) is 0. The third-order valence-electron chi connectivity index (χ3n) is 2.44. The van der Waals surface area contributed by atoms with Crippen molar-refractivity contribution in [1.82, 2.24) is 9.88 Å². The number of nitrogens with one attached hydrogen (secondary N) is 1. The minimum atomic E-state index is -3.69. The Labute approximate surface area is 112 Å². The third-order valence-corrected chi connectivity index (χ3v) is 3.73. The molecular weight excluding hydrogens is 272 g/mol. The van der Waals surface area contributed by atoms with E-state index in [0.29, 0.717) is 5.76 Å². The number of methoxy groups -OCH3 is 1. The molecule has 1 aromatic rings. The van der Waals surface area contributed by atoms with E-state index in [1.165, 1.54) is 13.2 Å². The van der Waals surface area contributed by atoms with E-state index in [4.69, 9.17) is 4.52 Å². The molecule has 0 radical (unpaired) electrons. The van der Waals surface area contributed by atoms with Gasteiger partial charge in [-0.2, -0.15) is 0 Å². The number of aromatic nitrogens is 1. The summed E-state index contributed by atoms with van der Waals surface area (Å²) >= 11 is 0. The van der Waals surface area contributed by atoms with Crippen LogP contribution in [0.25, 0.3) is 0 Å². The van der Waals surface area contributed by atoms with Crippen LogP contribution in [-0.2, 0) is 25.3 Å². The van der Waals surface area contributed by atoms with Crippen molar-refractivity contribution >= 4 is 16.0 Å². The first-order valence-corrected chi connectivity index (χ1v) is 7.40. The number of carbonyl (C=O) groups is 1. The van der Waals surface area contributed by atoms with E-state index in [0.717, 1.165) is 0 Å². The first-order chi connectivity index (χ1) is 8.75. The number of hydrogen-bond acceptors (Lipinski definition) is 6. The highest BCUT2D eigenvalue weighted by atomic mass is 32.2. The molecule has 19 heavy (non-hydrogen) atoms. The highest BCUT2D eigenvalue weighted by Crippen LogP contribution is 2.10. The predicted octanol–water partition coefficient (Wildman–Crippen LogP) is 0.600. The van der Waals surface area contributed by atoms with Crippen molar-refractivity contribution in [2.75, 3.05) is 7.11 Å². The smallest absolute Gasteiger partial charge is 0.324 e. The quantitative estimate of drug-likeness (QED) is 0.770. The van der Waals surface area contributed by atoms with E-state index in [2.05, 4.69) is 14.6 Å². The second-order valence-corrected chi connectivity index (χ2v) is 6.30. The molecule has 0 aliphatic rings. The average molecular weight is 290 g/mol. The first kappa shape index (κ1) is 15.6. The molecule has 0 amide bonds. The van der Waals surface area contributed by atoms with Crippen LogP contribution in [0, 0.1) is 12.8 Å². The van der Waals surface area contributed by atoms with Gasteiger partial charge in [-0.25, -0.2) is 13.1 Å². The molecule has 1 heterocycles. The topological polar surface area (TPSA) is 98.5 Å². The predicted molar refractivity (Wildman–Crippen MR) is 67.6 cm³/mol. The van der Waals surface area contributed by atoms with Crippen LogP contribution in [0.5, 0.6) is 0 Å². The molecule has 0 bridgehead atoms. The molecule has 0 saturated carbocycles. The zero-order chi connectivity index (χ0) is 14.6. The number of rotatable bonds is 6. The van der Waals surface area contributed by atoms with Gasteiger partial charge in [0.25, 0.3) is 0 Å². The second kappa shape index (κ2) is 6.16. The molecule has 108 valence electrons. The molecule has 7 nitrogen and oxygen atoms in total. The molecule has 1 unspecified atom stereocenters. The van der Waals surface area contributed by atoms with Crippen molar-refractivity contribution in [2.24, 2.45) is 5.92 Å². The normalized spacial score (nSPS) is 13.5. The van der Waals surface area contributed by atoms with Crippen molar-refractivity contribution in [1.29, 1.82) is 0 Å². The van der Waals surface area contributed by atoms with Gasteiger partial charge >= 0.3 is 5.97 Å². The van der Waals surface area contributed by atoms with E-state index in [1.807, 2.05) is 0 Å². The average Bonchev–Trinajstić information content (AvgIpc) is 2.69. The molecule has 0 aliphatic carbocycles. The fraction of sp³-hybridized carbons (Fsp3) is 0.636. The van der Waals surface area contributed by atoms with Crippen LogP contribution in [0.1, 0.15) is 25.3 Å². The van der Waals surface area contributed by atoms with Gasteiger partial charge in [0.1, 0.15) is 23.2 Å². The molecule has 1 atom stereocenters. The number of sulfonamides is 1. The van der Waals surface area contributed by atoms with Gasteiger partial charge in [-0.1, -0.05) is 19.0 Å². The Balaban J connectivity index is 2.80. The van der Waals surface area contributed by atoms with Crippen LogP contribution in [0.4, 0.5) is 0 Å². The molecular formula is C11H18N2O5S. The summed E-state index contributed by atoms with van der Waals surface area (Å²) in [5, 5.41) is 3.61. The number of aryl methyl sites for hydroxylation is 1. The van der Waals surface area contributed by atoms with Gasteiger partial charge < -0.3 is 9.26 Å². The van der Waals surface area contributed by atoms with Crippen molar-refractivity contribution in [3.8, 4) is 0 Å². The van der Waals surface area contributed by atoms with Crippen molar-refractivity contribution in [3.05, 3.63) is 17.5 Å². The minimum absolute atomic E-state index is 0.221. The first-order valence-electron chi connectivity index (χ1n) is 5.75. The molecule has 8 heteroatoms. The Bertz CT molecular complexity index is 535. The number of hydrogen-bond donors (Lipinski definition) is 1. The Kier molecular flexibility index (Phi) is 5.07. The summed E-state index contributed by atoms with van der Waals surface area (Å²) in [5.41, 5.74) is 0.289. The van der Waals surface area contributed by atoms with Gasteiger partial charge in [0.05, 0.1) is 7.11 Å². The van der Waals surface area contributed by atoms with Gasteiger partial charge in [-0.3, -0.25) is 4.79 Å². The highest BCUT2D eigenvalue weighted by Gasteiger charge is 2.28. The highest BCUT2D eigenvalue weighted by molar-refractivity contribution is 7.88. The summed E-state index contributed by atoms with van der Waals surface area (Å²) in [6, 6.07) is 0.616. The zero-order valence-corrected chi connectivity index (χ0v) is 12.2. The van der Waals surface area contributed by atoms with Crippen molar-refractivity contribution < 1.29 is 22.5 Å². The van der Waals surface area contributed by atoms with E-state index in [1.54, 1.807) is 20.8 Å². The minimum Gasteiger partial charge on any atom is -0.468 e. The monoisotopic (exact) mass is 290 g/mol. The second-order valence-electron chi connectivity index (χ2n) is 4.55. The maximum Gasteiger partial charge on any atom is 0.324 e. The SMILES string of the molecule is COC(=O)C(NS(=O)(=O)Cc1cc(C)on1)C(C)C. The van der Waals surface area contributed by atoms with Gasteiger partial charge in [0, 0.05) is 6.07 Å². The lowest BCUT2D eigenvalue weighted by molar-refractivity contribution is -0.143. The molecule has 0 aliphatic heterocycles.